The fourth-order valence-corrected chi connectivity index (χ4v) is 3.85. The van der Waals surface area contributed by atoms with Gasteiger partial charge in [-0.15, -0.1) is 0 Å². The van der Waals surface area contributed by atoms with Crippen molar-refractivity contribution in [3.05, 3.63) is 64.1 Å². The maximum Gasteiger partial charge on any atom is 0.287 e. The number of benzene rings is 2. The number of nitrogens with one attached hydrogen (secondary N) is 1. The van der Waals surface area contributed by atoms with Crippen molar-refractivity contribution >= 4 is 43.8 Å². The number of nitrogens with zero attached hydrogens (tertiary/aromatic N) is 2. The first-order valence-corrected chi connectivity index (χ1v) is 9.73. The minimum absolute atomic E-state index is 0.234. The molecule has 27 heavy (non-hydrogen) atoms. The Morgan fingerprint density at radius 2 is 2.07 bits per heavy atom. The molecule has 1 unspecified atom stereocenters. The van der Waals surface area contributed by atoms with Crippen LogP contribution in [0.2, 0.25) is 0 Å². The third-order valence-corrected chi connectivity index (χ3v) is 5.33. The fourth-order valence-electron chi connectivity index (χ4n) is 3.49. The molecule has 0 aliphatic rings. The van der Waals surface area contributed by atoms with E-state index < -0.39 is 0 Å². The molecule has 0 radical (unpaired) electrons. The Morgan fingerprint density at radius 1 is 1.30 bits per heavy atom. The van der Waals surface area contributed by atoms with Crippen LogP contribution in [-0.4, -0.2) is 15.5 Å². The zero-order chi connectivity index (χ0) is 19.1. The number of carbonyl (C=O) groups is 1. The van der Waals surface area contributed by atoms with Crippen LogP contribution in [0.1, 0.15) is 41.8 Å². The van der Waals surface area contributed by atoms with Crippen molar-refractivity contribution in [2.24, 2.45) is 0 Å². The predicted octanol–water partition coefficient (Wildman–Crippen LogP) is 5.36. The summed E-state index contributed by atoms with van der Waals surface area (Å²) in [6.07, 6.45) is 0. The van der Waals surface area contributed by atoms with E-state index in [-0.39, 0.29) is 11.9 Å². The lowest BCUT2D eigenvalue weighted by Crippen LogP contribution is -2.28. The summed E-state index contributed by atoms with van der Waals surface area (Å²) in [4.78, 5) is 17.6. The monoisotopic (exact) mass is 425 g/mol. The SMILES string of the molecule is CCn1c(C(C)NC(=O)c2oc3ccc(Br)cc3c2C)nc2ccccc21. The number of carbonyl (C=O) groups excluding carboxylic acids is 1. The van der Waals surface area contributed by atoms with E-state index in [9.17, 15) is 4.79 Å². The minimum atomic E-state index is -0.246. The van der Waals surface area contributed by atoms with E-state index >= 15 is 0 Å². The number of aryl methyl sites for hydroxylation is 2. The molecule has 2 aromatic carbocycles. The molecule has 1 atom stereocenters. The molecule has 5 nitrogen and oxygen atoms in total. The molecule has 2 aromatic heterocycles. The molecule has 2 heterocycles. The fraction of sp³-hybridized carbons (Fsp3) is 0.238. The van der Waals surface area contributed by atoms with Gasteiger partial charge in [-0.25, -0.2) is 4.98 Å². The molecule has 6 heteroatoms. The molecule has 138 valence electrons. The topological polar surface area (TPSA) is 60.1 Å². The summed E-state index contributed by atoms with van der Waals surface area (Å²) in [7, 11) is 0. The number of rotatable bonds is 4. The average Bonchev–Trinajstić information content (AvgIpc) is 3.20. The van der Waals surface area contributed by atoms with Gasteiger partial charge in [-0.1, -0.05) is 28.1 Å². The Morgan fingerprint density at radius 3 is 2.85 bits per heavy atom. The van der Waals surface area contributed by atoms with Crippen LogP contribution in [0.5, 0.6) is 0 Å². The van der Waals surface area contributed by atoms with Crippen molar-refractivity contribution in [2.75, 3.05) is 0 Å². The number of amides is 1. The molecule has 0 spiro atoms. The van der Waals surface area contributed by atoms with Gasteiger partial charge in [0.05, 0.1) is 17.1 Å². The number of hydrogen-bond donors (Lipinski definition) is 1. The highest BCUT2D eigenvalue weighted by Crippen LogP contribution is 2.28. The second kappa shape index (κ2) is 6.85. The molecular formula is C21H20BrN3O2. The summed E-state index contributed by atoms with van der Waals surface area (Å²) in [5.41, 5.74) is 3.54. The molecule has 4 rings (SSSR count). The van der Waals surface area contributed by atoms with E-state index in [4.69, 9.17) is 9.40 Å². The van der Waals surface area contributed by atoms with Crippen LogP contribution in [0.3, 0.4) is 0 Å². The number of para-hydroxylation sites is 2. The Balaban J connectivity index is 1.66. The highest BCUT2D eigenvalue weighted by molar-refractivity contribution is 9.10. The Bertz CT molecular complexity index is 1160. The third kappa shape index (κ3) is 3.04. The van der Waals surface area contributed by atoms with E-state index in [1.807, 2.05) is 56.3 Å². The normalized spacial score (nSPS) is 12.6. The first-order chi connectivity index (χ1) is 13.0. The van der Waals surface area contributed by atoms with Crippen LogP contribution in [-0.2, 0) is 6.54 Å². The minimum Gasteiger partial charge on any atom is -0.451 e. The van der Waals surface area contributed by atoms with Gasteiger partial charge >= 0.3 is 0 Å². The largest absolute Gasteiger partial charge is 0.451 e. The maximum atomic E-state index is 12.9. The maximum absolute atomic E-state index is 12.9. The highest BCUT2D eigenvalue weighted by Gasteiger charge is 2.22. The summed E-state index contributed by atoms with van der Waals surface area (Å²) in [6, 6.07) is 13.5. The van der Waals surface area contributed by atoms with Gasteiger partial charge < -0.3 is 14.3 Å². The predicted molar refractivity (Wildman–Crippen MR) is 110 cm³/mol. The van der Waals surface area contributed by atoms with E-state index in [1.54, 1.807) is 0 Å². The summed E-state index contributed by atoms with van der Waals surface area (Å²) in [5.74, 6) is 0.944. The Kier molecular flexibility index (Phi) is 4.52. The van der Waals surface area contributed by atoms with E-state index in [0.29, 0.717) is 11.3 Å². The summed E-state index contributed by atoms with van der Waals surface area (Å²) in [5, 5.41) is 3.97. The summed E-state index contributed by atoms with van der Waals surface area (Å²) < 4.78 is 8.89. The molecule has 0 aliphatic heterocycles. The molecule has 0 saturated heterocycles. The quantitative estimate of drug-likeness (QED) is 0.478. The molecular weight excluding hydrogens is 406 g/mol. The van der Waals surface area contributed by atoms with Crippen molar-refractivity contribution in [3.8, 4) is 0 Å². The smallest absolute Gasteiger partial charge is 0.287 e. The van der Waals surface area contributed by atoms with Gasteiger partial charge in [-0.2, -0.15) is 0 Å². The van der Waals surface area contributed by atoms with Crippen LogP contribution in [0.25, 0.3) is 22.0 Å². The molecule has 0 aliphatic carbocycles. The van der Waals surface area contributed by atoms with Crippen molar-refractivity contribution in [2.45, 2.75) is 33.4 Å². The number of halogens is 1. The second-order valence-corrected chi connectivity index (χ2v) is 7.51. The molecule has 0 fully saturated rings. The summed E-state index contributed by atoms with van der Waals surface area (Å²) in [6.45, 7) is 6.71. The molecule has 1 amide bonds. The van der Waals surface area contributed by atoms with E-state index in [1.165, 1.54) is 0 Å². The van der Waals surface area contributed by atoms with Crippen LogP contribution in [0, 0.1) is 6.92 Å². The Hall–Kier alpha value is -2.60. The van der Waals surface area contributed by atoms with Gasteiger partial charge in [0.25, 0.3) is 5.91 Å². The lowest BCUT2D eigenvalue weighted by atomic mass is 10.1. The Labute approximate surface area is 165 Å². The van der Waals surface area contributed by atoms with Crippen LogP contribution in [0.4, 0.5) is 0 Å². The molecule has 4 aromatic rings. The van der Waals surface area contributed by atoms with Gasteiger partial charge in [0.15, 0.2) is 5.76 Å². The lowest BCUT2D eigenvalue weighted by Gasteiger charge is -2.14. The third-order valence-electron chi connectivity index (χ3n) is 4.84. The highest BCUT2D eigenvalue weighted by atomic mass is 79.9. The number of hydrogen-bond acceptors (Lipinski definition) is 3. The van der Waals surface area contributed by atoms with Gasteiger partial charge in [0.2, 0.25) is 0 Å². The van der Waals surface area contributed by atoms with Crippen molar-refractivity contribution in [1.82, 2.24) is 14.9 Å². The average molecular weight is 426 g/mol. The van der Waals surface area contributed by atoms with Gasteiger partial charge in [-0.3, -0.25) is 4.79 Å². The van der Waals surface area contributed by atoms with Gasteiger partial charge in [0, 0.05) is 22.0 Å². The van der Waals surface area contributed by atoms with Gasteiger partial charge in [-0.05, 0) is 51.1 Å². The molecule has 0 saturated carbocycles. The zero-order valence-corrected chi connectivity index (χ0v) is 17.0. The number of furan rings is 1. The van der Waals surface area contributed by atoms with Gasteiger partial charge in [0.1, 0.15) is 11.4 Å². The van der Waals surface area contributed by atoms with E-state index in [0.717, 1.165) is 38.8 Å². The van der Waals surface area contributed by atoms with Crippen molar-refractivity contribution in [1.29, 1.82) is 0 Å². The molecule has 1 N–H and O–H groups in total. The van der Waals surface area contributed by atoms with Crippen molar-refractivity contribution in [3.63, 3.8) is 0 Å². The summed E-state index contributed by atoms with van der Waals surface area (Å²) >= 11 is 3.46. The standard InChI is InChI=1S/C21H20BrN3O2/c1-4-25-17-8-6-5-7-16(17)24-20(25)13(3)23-21(26)19-12(2)15-11-14(22)9-10-18(15)27-19/h5-11,13H,4H2,1-3H3,(H,23,26). The van der Waals surface area contributed by atoms with E-state index in [2.05, 4.69) is 32.7 Å². The van der Waals surface area contributed by atoms with Crippen LogP contribution < -0.4 is 5.32 Å². The van der Waals surface area contributed by atoms with Crippen LogP contribution >= 0.6 is 15.9 Å². The zero-order valence-electron chi connectivity index (χ0n) is 15.4. The lowest BCUT2D eigenvalue weighted by molar-refractivity contribution is 0.0911. The first kappa shape index (κ1) is 17.8. The first-order valence-electron chi connectivity index (χ1n) is 8.94. The van der Waals surface area contributed by atoms with Crippen LogP contribution in [0.15, 0.2) is 51.4 Å². The molecule has 0 bridgehead atoms. The number of aromatic nitrogens is 2. The number of imidazole rings is 1. The second-order valence-electron chi connectivity index (χ2n) is 6.59. The number of fused-ring (bicyclic) bond motifs is 2. The van der Waals surface area contributed by atoms with Crippen molar-refractivity contribution < 1.29 is 9.21 Å².